The van der Waals surface area contributed by atoms with Crippen LogP contribution in [0.4, 0.5) is 4.39 Å². The quantitative estimate of drug-likeness (QED) is 0.693. The fourth-order valence-corrected chi connectivity index (χ4v) is 5.38. The minimum Gasteiger partial charge on any atom is -0.336 e. The smallest absolute Gasteiger partial charge is 0.253 e. The summed E-state index contributed by atoms with van der Waals surface area (Å²) in [6, 6.07) is 12.8. The molecule has 28 heavy (non-hydrogen) atoms. The molecule has 0 radical (unpaired) electrons. The summed E-state index contributed by atoms with van der Waals surface area (Å²) in [5, 5.41) is 0.464. The van der Waals surface area contributed by atoms with Crippen molar-refractivity contribution in [3.8, 4) is 0 Å². The first kappa shape index (κ1) is 20.8. The van der Waals surface area contributed by atoms with Crippen LogP contribution in [0.15, 0.2) is 58.3 Å². The Labute approximate surface area is 169 Å². The number of carbonyl (C=O) groups is 1. The molecule has 0 bridgehead atoms. The summed E-state index contributed by atoms with van der Waals surface area (Å²) in [6.07, 6.45) is 0. The number of halogens is 1. The van der Waals surface area contributed by atoms with Gasteiger partial charge in [0.2, 0.25) is 10.0 Å². The predicted octanol–water partition coefficient (Wildman–Crippen LogP) is 3.47. The minimum absolute atomic E-state index is 0.121. The zero-order chi connectivity index (χ0) is 20.3. The molecule has 150 valence electrons. The highest BCUT2D eigenvalue weighted by Gasteiger charge is 2.32. The minimum atomic E-state index is -3.91. The maximum absolute atomic E-state index is 13.9. The van der Waals surface area contributed by atoms with Crippen molar-refractivity contribution in [2.75, 3.05) is 26.2 Å². The largest absolute Gasteiger partial charge is 0.336 e. The molecule has 1 heterocycles. The van der Waals surface area contributed by atoms with E-state index in [2.05, 4.69) is 13.8 Å². The van der Waals surface area contributed by atoms with E-state index in [9.17, 15) is 17.6 Å². The third-order valence-electron chi connectivity index (χ3n) is 4.45. The molecule has 0 aromatic heterocycles. The molecule has 1 saturated heterocycles. The third-order valence-corrected chi connectivity index (χ3v) is 7.40. The van der Waals surface area contributed by atoms with Crippen LogP contribution in [0, 0.1) is 5.82 Å². The summed E-state index contributed by atoms with van der Waals surface area (Å²) < 4.78 is 40.5. The normalized spacial score (nSPS) is 15.8. The summed E-state index contributed by atoms with van der Waals surface area (Å²) in [7, 11) is -3.91. The van der Waals surface area contributed by atoms with Crippen LogP contribution >= 0.6 is 11.8 Å². The van der Waals surface area contributed by atoms with Crippen LogP contribution < -0.4 is 0 Å². The van der Waals surface area contributed by atoms with Crippen LogP contribution in [0.5, 0.6) is 0 Å². The lowest BCUT2D eigenvalue weighted by Crippen LogP contribution is -2.50. The van der Waals surface area contributed by atoms with E-state index in [0.717, 1.165) is 11.0 Å². The Morgan fingerprint density at radius 2 is 1.61 bits per heavy atom. The summed E-state index contributed by atoms with van der Waals surface area (Å²) >= 11 is 1.73. The van der Waals surface area contributed by atoms with Crippen molar-refractivity contribution in [1.82, 2.24) is 9.21 Å². The Morgan fingerprint density at radius 3 is 2.18 bits per heavy atom. The summed E-state index contributed by atoms with van der Waals surface area (Å²) in [4.78, 5) is 15.1. The molecule has 1 aliphatic rings. The molecule has 8 heteroatoms. The number of hydrogen-bond donors (Lipinski definition) is 0. The van der Waals surface area contributed by atoms with Gasteiger partial charge in [0.05, 0.1) is 0 Å². The van der Waals surface area contributed by atoms with E-state index in [4.69, 9.17) is 0 Å². The van der Waals surface area contributed by atoms with Crippen LogP contribution in [0.25, 0.3) is 0 Å². The zero-order valence-corrected chi connectivity index (χ0v) is 17.5. The second-order valence-corrected chi connectivity index (χ2v) is 10.4. The molecule has 0 spiro atoms. The lowest BCUT2D eigenvalue weighted by Gasteiger charge is -2.34. The van der Waals surface area contributed by atoms with Crippen LogP contribution in [0.3, 0.4) is 0 Å². The van der Waals surface area contributed by atoms with E-state index in [1.807, 2.05) is 12.1 Å². The summed E-state index contributed by atoms with van der Waals surface area (Å²) in [6.45, 7) is 5.05. The maximum atomic E-state index is 13.9. The van der Waals surface area contributed by atoms with Gasteiger partial charge in [0.1, 0.15) is 10.7 Å². The summed E-state index contributed by atoms with van der Waals surface area (Å²) in [5.41, 5.74) is 0.582. The first-order valence-corrected chi connectivity index (χ1v) is 11.4. The van der Waals surface area contributed by atoms with E-state index < -0.39 is 15.8 Å². The molecule has 3 rings (SSSR count). The van der Waals surface area contributed by atoms with Crippen LogP contribution in [0.2, 0.25) is 0 Å². The van der Waals surface area contributed by atoms with Gasteiger partial charge in [0.15, 0.2) is 0 Å². The number of nitrogens with zero attached hydrogens (tertiary/aromatic N) is 2. The lowest BCUT2D eigenvalue weighted by atomic mass is 10.2. The van der Waals surface area contributed by atoms with E-state index in [1.54, 1.807) is 28.8 Å². The van der Waals surface area contributed by atoms with Crippen molar-refractivity contribution in [3.05, 3.63) is 59.9 Å². The highest BCUT2D eigenvalue weighted by Crippen LogP contribution is 2.24. The first-order chi connectivity index (χ1) is 13.3. The van der Waals surface area contributed by atoms with Crippen molar-refractivity contribution in [2.45, 2.75) is 28.9 Å². The van der Waals surface area contributed by atoms with Crippen molar-refractivity contribution >= 4 is 27.7 Å². The molecule has 2 aromatic rings. The standard InChI is InChI=1S/C20H23FN2O3S2/c1-15(2)27-17-9-7-16(8-10-17)20(24)22-11-13-23(14-12-22)28(25,26)19-6-4-3-5-18(19)21/h3-10,15H,11-14H2,1-2H3. The van der Waals surface area contributed by atoms with E-state index >= 15 is 0 Å². The number of hydrogen-bond acceptors (Lipinski definition) is 4. The van der Waals surface area contributed by atoms with Crippen LogP contribution in [0.1, 0.15) is 24.2 Å². The number of sulfonamides is 1. The number of benzene rings is 2. The molecule has 0 unspecified atom stereocenters. The van der Waals surface area contributed by atoms with Gasteiger partial charge in [-0.25, -0.2) is 12.8 Å². The molecule has 1 fully saturated rings. The monoisotopic (exact) mass is 422 g/mol. The Hall–Kier alpha value is -1.90. The van der Waals surface area contributed by atoms with Gasteiger partial charge >= 0.3 is 0 Å². The topological polar surface area (TPSA) is 57.7 Å². The van der Waals surface area contributed by atoms with Gasteiger partial charge in [0, 0.05) is 41.9 Å². The van der Waals surface area contributed by atoms with Crippen LogP contribution in [-0.4, -0.2) is 55.0 Å². The molecule has 0 saturated carbocycles. The molecule has 0 N–H and O–H groups in total. The average molecular weight is 423 g/mol. The molecular formula is C20H23FN2O3S2. The van der Waals surface area contributed by atoms with Gasteiger partial charge in [-0.2, -0.15) is 4.31 Å². The number of amides is 1. The van der Waals surface area contributed by atoms with Crippen LogP contribution in [-0.2, 0) is 10.0 Å². The van der Waals surface area contributed by atoms with E-state index in [1.165, 1.54) is 22.5 Å². The molecule has 1 aliphatic heterocycles. The Morgan fingerprint density at radius 1 is 1.00 bits per heavy atom. The van der Waals surface area contributed by atoms with Gasteiger partial charge in [-0.1, -0.05) is 26.0 Å². The van der Waals surface area contributed by atoms with Crippen molar-refractivity contribution in [1.29, 1.82) is 0 Å². The second-order valence-electron chi connectivity index (χ2n) is 6.82. The molecule has 1 amide bonds. The maximum Gasteiger partial charge on any atom is 0.253 e. The highest BCUT2D eigenvalue weighted by molar-refractivity contribution is 7.99. The molecule has 0 atom stereocenters. The van der Waals surface area contributed by atoms with Gasteiger partial charge in [-0.15, -0.1) is 11.8 Å². The van der Waals surface area contributed by atoms with Gasteiger partial charge in [-0.3, -0.25) is 4.79 Å². The zero-order valence-electron chi connectivity index (χ0n) is 15.8. The number of thioether (sulfide) groups is 1. The van der Waals surface area contributed by atoms with E-state index in [-0.39, 0.29) is 37.0 Å². The first-order valence-electron chi connectivity index (χ1n) is 9.09. The van der Waals surface area contributed by atoms with Crippen molar-refractivity contribution < 1.29 is 17.6 Å². The van der Waals surface area contributed by atoms with Crippen molar-refractivity contribution in [3.63, 3.8) is 0 Å². The highest BCUT2D eigenvalue weighted by atomic mass is 32.2. The Balaban J connectivity index is 1.65. The SMILES string of the molecule is CC(C)Sc1ccc(C(=O)N2CCN(S(=O)(=O)c3ccccc3F)CC2)cc1. The molecular weight excluding hydrogens is 399 g/mol. The Bertz CT molecular complexity index is 938. The molecule has 2 aromatic carbocycles. The second kappa shape index (κ2) is 8.63. The van der Waals surface area contributed by atoms with Gasteiger partial charge in [-0.05, 0) is 36.4 Å². The third kappa shape index (κ3) is 4.56. The van der Waals surface area contributed by atoms with Gasteiger partial charge < -0.3 is 4.90 Å². The molecule has 0 aliphatic carbocycles. The fraction of sp³-hybridized carbons (Fsp3) is 0.350. The number of carbonyl (C=O) groups excluding carboxylic acids is 1. The fourth-order valence-electron chi connectivity index (χ4n) is 3.06. The predicted molar refractivity (Wildman–Crippen MR) is 108 cm³/mol. The van der Waals surface area contributed by atoms with Crippen molar-refractivity contribution in [2.24, 2.45) is 0 Å². The van der Waals surface area contributed by atoms with E-state index in [0.29, 0.717) is 10.8 Å². The number of piperazine rings is 1. The van der Waals surface area contributed by atoms with Gasteiger partial charge in [0.25, 0.3) is 5.91 Å². The molecule has 5 nitrogen and oxygen atoms in total. The Kier molecular flexibility index (Phi) is 6.42. The average Bonchev–Trinajstić information content (AvgIpc) is 2.68. The lowest BCUT2D eigenvalue weighted by molar-refractivity contribution is 0.0697. The summed E-state index contributed by atoms with van der Waals surface area (Å²) in [5.74, 6) is -0.885. The number of rotatable bonds is 5.